The highest BCUT2D eigenvalue weighted by Crippen LogP contribution is 2.13. The van der Waals surface area contributed by atoms with Crippen molar-refractivity contribution in [3.8, 4) is 6.07 Å². The first-order chi connectivity index (χ1) is 6.63. The molecule has 74 valence electrons. The standard InChI is InChI=1S/C11H13FN2/c1-8(7-13)14-9(2)10-4-3-5-11(12)6-10/h3-6,8-9,14H,1-2H3/t8?,9-/m0/s1. The monoisotopic (exact) mass is 192 g/mol. The Balaban J connectivity index is 2.70. The van der Waals surface area contributed by atoms with Gasteiger partial charge < -0.3 is 0 Å². The molecule has 0 aliphatic carbocycles. The van der Waals surface area contributed by atoms with Crippen molar-refractivity contribution in [2.45, 2.75) is 25.9 Å². The van der Waals surface area contributed by atoms with Gasteiger partial charge in [-0.05, 0) is 31.5 Å². The Labute approximate surface area is 83.4 Å². The molecule has 0 saturated carbocycles. The van der Waals surface area contributed by atoms with Crippen molar-refractivity contribution in [3.63, 3.8) is 0 Å². The molecule has 1 rings (SSSR count). The van der Waals surface area contributed by atoms with E-state index in [1.165, 1.54) is 12.1 Å². The first kappa shape index (κ1) is 10.7. The lowest BCUT2D eigenvalue weighted by Gasteiger charge is -2.15. The number of nitrogens with one attached hydrogen (secondary N) is 1. The number of nitrogens with zero attached hydrogens (tertiary/aromatic N) is 1. The summed E-state index contributed by atoms with van der Waals surface area (Å²) in [4.78, 5) is 0. The largest absolute Gasteiger partial charge is 0.296 e. The molecule has 0 aliphatic rings. The third-order valence-electron chi connectivity index (χ3n) is 2.04. The Kier molecular flexibility index (Phi) is 3.61. The molecule has 14 heavy (non-hydrogen) atoms. The summed E-state index contributed by atoms with van der Waals surface area (Å²) in [5.41, 5.74) is 0.854. The highest BCUT2D eigenvalue weighted by Gasteiger charge is 2.08. The van der Waals surface area contributed by atoms with Gasteiger partial charge in [0.15, 0.2) is 0 Å². The fraction of sp³-hybridized carbons (Fsp3) is 0.364. The molecular formula is C11H13FN2. The van der Waals surface area contributed by atoms with Crippen LogP contribution < -0.4 is 5.32 Å². The van der Waals surface area contributed by atoms with Crippen molar-refractivity contribution < 1.29 is 4.39 Å². The van der Waals surface area contributed by atoms with E-state index in [9.17, 15) is 4.39 Å². The summed E-state index contributed by atoms with van der Waals surface area (Å²) in [5, 5.41) is 11.6. The maximum absolute atomic E-state index is 12.9. The van der Waals surface area contributed by atoms with Crippen LogP contribution in [0.15, 0.2) is 24.3 Å². The molecule has 0 saturated heterocycles. The molecule has 0 radical (unpaired) electrons. The van der Waals surface area contributed by atoms with E-state index >= 15 is 0 Å². The van der Waals surface area contributed by atoms with Crippen molar-refractivity contribution in [2.75, 3.05) is 0 Å². The van der Waals surface area contributed by atoms with Crippen molar-refractivity contribution in [1.29, 1.82) is 5.26 Å². The van der Waals surface area contributed by atoms with Crippen LogP contribution in [0.25, 0.3) is 0 Å². The van der Waals surface area contributed by atoms with E-state index < -0.39 is 0 Å². The normalized spacial score (nSPS) is 14.4. The predicted octanol–water partition coefficient (Wildman–Crippen LogP) is 2.39. The van der Waals surface area contributed by atoms with Gasteiger partial charge in [0.25, 0.3) is 0 Å². The van der Waals surface area contributed by atoms with E-state index in [0.717, 1.165) is 5.56 Å². The highest BCUT2D eigenvalue weighted by molar-refractivity contribution is 5.19. The Morgan fingerprint density at radius 1 is 1.43 bits per heavy atom. The Hall–Kier alpha value is -1.40. The minimum absolute atomic E-state index is 0.0136. The van der Waals surface area contributed by atoms with Crippen molar-refractivity contribution in [3.05, 3.63) is 35.6 Å². The van der Waals surface area contributed by atoms with Crippen LogP contribution in [0.2, 0.25) is 0 Å². The lowest BCUT2D eigenvalue weighted by atomic mass is 10.1. The summed E-state index contributed by atoms with van der Waals surface area (Å²) in [6.07, 6.45) is 0. The molecule has 0 spiro atoms. The number of halogens is 1. The lowest BCUT2D eigenvalue weighted by molar-refractivity contribution is 0.537. The number of nitriles is 1. The molecule has 1 aromatic rings. The van der Waals surface area contributed by atoms with Crippen molar-refractivity contribution in [1.82, 2.24) is 5.32 Å². The highest BCUT2D eigenvalue weighted by atomic mass is 19.1. The van der Waals surface area contributed by atoms with E-state index in [4.69, 9.17) is 5.26 Å². The zero-order chi connectivity index (χ0) is 10.6. The quantitative estimate of drug-likeness (QED) is 0.798. The maximum Gasteiger partial charge on any atom is 0.123 e. The summed E-state index contributed by atoms with van der Waals surface area (Å²) in [6.45, 7) is 3.68. The van der Waals surface area contributed by atoms with Gasteiger partial charge in [0, 0.05) is 6.04 Å². The number of benzene rings is 1. The third-order valence-corrected chi connectivity index (χ3v) is 2.04. The summed E-state index contributed by atoms with van der Waals surface area (Å²) < 4.78 is 12.9. The van der Waals surface area contributed by atoms with Crippen LogP contribution in [0.4, 0.5) is 4.39 Å². The molecule has 1 unspecified atom stereocenters. The topological polar surface area (TPSA) is 35.8 Å². The average Bonchev–Trinajstić information content (AvgIpc) is 2.17. The van der Waals surface area contributed by atoms with Crippen LogP contribution in [-0.2, 0) is 0 Å². The van der Waals surface area contributed by atoms with Gasteiger partial charge in [-0.3, -0.25) is 5.32 Å². The molecule has 1 aromatic carbocycles. The van der Waals surface area contributed by atoms with E-state index in [2.05, 4.69) is 11.4 Å². The molecular weight excluding hydrogens is 179 g/mol. The summed E-state index contributed by atoms with van der Waals surface area (Å²) in [6, 6.07) is 8.22. The van der Waals surface area contributed by atoms with E-state index in [1.54, 1.807) is 13.0 Å². The van der Waals surface area contributed by atoms with Gasteiger partial charge in [-0.2, -0.15) is 5.26 Å². The molecule has 2 atom stereocenters. The van der Waals surface area contributed by atoms with Gasteiger partial charge in [0.05, 0.1) is 12.1 Å². The predicted molar refractivity (Wildman–Crippen MR) is 53.0 cm³/mol. The maximum atomic E-state index is 12.9. The summed E-state index contributed by atoms with van der Waals surface area (Å²) in [7, 11) is 0. The molecule has 2 nitrogen and oxygen atoms in total. The van der Waals surface area contributed by atoms with Crippen LogP contribution in [0.5, 0.6) is 0 Å². The molecule has 0 amide bonds. The van der Waals surface area contributed by atoms with Gasteiger partial charge >= 0.3 is 0 Å². The fourth-order valence-electron chi connectivity index (χ4n) is 1.28. The molecule has 3 heteroatoms. The van der Waals surface area contributed by atoms with Gasteiger partial charge in [0.2, 0.25) is 0 Å². The van der Waals surface area contributed by atoms with Crippen LogP contribution in [-0.4, -0.2) is 6.04 Å². The van der Waals surface area contributed by atoms with E-state index in [-0.39, 0.29) is 17.9 Å². The first-order valence-electron chi connectivity index (χ1n) is 4.54. The molecule has 1 N–H and O–H groups in total. The number of hydrogen-bond acceptors (Lipinski definition) is 2. The Bertz CT molecular complexity index is 343. The first-order valence-corrected chi connectivity index (χ1v) is 4.54. The van der Waals surface area contributed by atoms with Crippen molar-refractivity contribution in [2.24, 2.45) is 0 Å². The smallest absolute Gasteiger partial charge is 0.123 e. The van der Waals surface area contributed by atoms with Crippen LogP contribution in [0, 0.1) is 17.1 Å². The fourth-order valence-corrected chi connectivity index (χ4v) is 1.28. The SMILES string of the molecule is CC(C#N)N[C@@H](C)c1cccc(F)c1. The third kappa shape index (κ3) is 2.82. The van der Waals surface area contributed by atoms with Gasteiger partial charge in [-0.15, -0.1) is 0 Å². The summed E-state index contributed by atoms with van der Waals surface area (Å²) in [5.74, 6) is -0.249. The molecule has 0 aromatic heterocycles. The number of rotatable bonds is 3. The van der Waals surface area contributed by atoms with Crippen molar-refractivity contribution >= 4 is 0 Å². The second-order valence-corrected chi connectivity index (χ2v) is 3.29. The average molecular weight is 192 g/mol. The van der Waals surface area contributed by atoms with Crippen LogP contribution in [0.3, 0.4) is 0 Å². The summed E-state index contributed by atoms with van der Waals surface area (Å²) >= 11 is 0. The second-order valence-electron chi connectivity index (χ2n) is 3.29. The Morgan fingerprint density at radius 3 is 2.71 bits per heavy atom. The van der Waals surface area contributed by atoms with E-state index in [1.807, 2.05) is 13.0 Å². The molecule has 0 fully saturated rings. The van der Waals surface area contributed by atoms with Crippen LogP contribution >= 0.6 is 0 Å². The zero-order valence-corrected chi connectivity index (χ0v) is 8.29. The van der Waals surface area contributed by atoms with E-state index in [0.29, 0.717) is 0 Å². The second kappa shape index (κ2) is 4.73. The molecule has 0 bridgehead atoms. The van der Waals surface area contributed by atoms with Gasteiger partial charge in [0.1, 0.15) is 5.82 Å². The minimum atomic E-state index is -0.249. The van der Waals surface area contributed by atoms with Gasteiger partial charge in [-0.25, -0.2) is 4.39 Å². The minimum Gasteiger partial charge on any atom is -0.296 e. The lowest BCUT2D eigenvalue weighted by Crippen LogP contribution is -2.27. The Morgan fingerprint density at radius 2 is 2.14 bits per heavy atom. The molecule has 0 heterocycles. The zero-order valence-electron chi connectivity index (χ0n) is 8.29. The van der Waals surface area contributed by atoms with Crippen LogP contribution in [0.1, 0.15) is 25.5 Å². The molecule has 0 aliphatic heterocycles. The van der Waals surface area contributed by atoms with Gasteiger partial charge in [-0.1, -0.05) is 12.1 Å². The number of hydrogen-bond donors (Lipinski definition) is 1.